The second-order valence-electron chi connectivity index (χ2n) is 4.19. The zero-order valence-corrected chi connectivity index (χ0v) is 10.1. The molecule has 0 atom stereocenters. The summed E-state index contributed by atoms with van der Waals surface area (Å²) in [4.78, 5) is 10.5. The molecule has 6 heteroatoms. The summed E-state index contributed by atoms with van der Waals surface area (Å²) in [5.41, 5.74) is 3.37. The monoisotopic (exact) mass is 237 g/mol. The van der Waals surface area contributed by atoms with Gasteiger partial charge in [0.15, 0.2) is 0 Å². The van der Waals surface area contributed by atoms with E-state index in [0.717, 1.165) is 12.1 Å². The lowest BCUT2D eigenvalue weighted by molar-refractivity contribution is 0.230. The first-order chi connectivity index (χ1) is 8.31. The first kappa shape index (κ1) is 12.1. The standard InChI is InChI=1S/C11H19N5O/c1-9-10(15-12)13-8-14-11(9)17-7-6-16-4-2-3-5-16/h8H,2-7,12H2,1H3,(H,13,14,15). The van der Waals surface area contributed by atoms with Crippen LogP contribution in [0.1, 0.15) is 18.4 Å². The number of aromatic nitrogens is 2. The van der Waals surface area contributed by atoms with Crippen LogP contribution in [-0.2, 0) is 0 Å². The van der Waals surface area contributed by atoms with Gasteiger partial charge in [0, 0.05) is 6.54 Å². The molecular weight excluding hydrogens is 218 g/mol. The second kappa shape index (κ2) is 5.79. The number of nitrogens with one attached hydrogen (secondary N) is 1. The molecule has 0 unspecified atom stereocenters. The highest BCUT2D eigenvalue weighted by Gasteiger charge is 2.12. The third kappa shape index (κ3) is 3.04. The Morgan fingerprint density at radius 2 is 2.18 bits per heavy atom. The number of nitrogen functional groups attached to an aromatic ring is 1. The van der Waals surface area contributed by atoms with E-state index in [1.165, 1.54) is 32.3 Å². The smallest absolute Gasteiger partial charge is 0.221 e. The van der Waals surface area contributed by atoms with E-state index < -0.39 is 0 Å². The molecule has 6 nitrogen and oxygen atoms in total. The van der Waals surface area contributed by atoms with Crippen LogP contribution in [0, 0.1) is 6.92 Å². The van der Waals surface area contributed by atoms with Crippen molar-refractivity contribution >= 4 is 5.82 Å². The van der Waals surface area contributed by atoms with Crippen molar-refractivity contribution in [2.75, 3.05) is 31.7 Å². The number of rotatable bonds is 5. The molecule has 1 aliphatic heterocycles. The van der Waals surface area contributed by atoms with Crippen LogP contribution in [0.15, 0.2) is 6.33 Å². The lowest BCUT2D eigenvalue weighted by Crippen LogP contribution is -2.25. The Bertz CT molecular complexity index is 365. The minimum Gasteiger partial charge on any atom is -0.476 e. The van der Waals surface area contributed by atoms with Crippen LogP contribution < -0.4 is 16.0 Å². The molecule has 0 spiro atoms. The highest BCUT2D eigenvalue weighted by atomic mass is 16.5. The fraction of sp³-hybridized carbons (Fsp3) is 0.636. The van der Waals surface area contributed by atoms with Gasteiger partial charge in [0.1, 0.15) is 18.8 Å². The van der Waals surface area contributed by atoms with Crippen molar-refractivity contribution in [2.24, 2.45) is 5.84 Å². The summed E-state index contributed by atoms with van der Waals surface area (Å²) < 4.78 is 5.65. The van der Waals surface area contributed by atoms with E-state index in [4.69, 9.17) is 10.6 Å². The van der Waals surface area contributed by atoms with Crippen molar-refractivity contribution in [3.05, 3.63) is 11.9 Å². The molecule has 0 aliphatic carbocycles. The summed E-state index contributed by atoms with van der Waals surface area (Å²) in [5.74, 6) is 6.56. The van der Waals surface area contributed by atoms with Gasteiger partial charge in [0.05, 0.1) is 5.56 Å². The maximum absolute atomic E-state index is 5.65. The van der Waals surface area contributed by atoms with Crippen LogP contribution in [0.3, 0.4) is 0 Å². The van der Waals surface area contributed by atoms with Crippen LogP contribution in [0.25, 0.3) is 0 Å². The summed E-state index contributed by atoms with van der Waals surface area (Å²) in [5, 5.41) is 0. The normalized spacial score (nSPS) is 16.1. The third-order valence-electron chi connectivity index (χ3n) is 3.02. The topological polar surface area (TPSA) is 76.3 Å². The molecular formula is C11H19N5O. The van der Waals surface area contributed by atoms with E-state index in [1.54, 1.807) is 0 Å². The molecule has 0 radical (unpaired) electrons. The molecule has 1 aromatic rings. The minimum absolute atomic E-state index is 0.604. The van der Waals surface area contributed by atoms with Crippen LogP contribution in [0.2, 0.25) is 0 Å². The number of nitrogens with zero attached hydrogens (tertiary/aromatic N) is 3. The van der Waals surface area contributed by atoms with Crippen LogP contribution in [0.4, 0.5) is 5.82 Å². The Labute approximate surface area is 101 Å². The Morgan fingerprint density at radius 3 is 2.88 bits per heavy atom. The van der Waals surface area contributed by atoms with Gasteiger partial charge in [0.2, 0.25) is 5.88 Å². The van der Waals surface area contributed by atoms with Crippen LogP contribution in [-0.4, -0.2) is 41.1 Å². The number of nitrogens with two attached hydrogens (primary N) is 1. The molecule has 2 heterocycles. The highest BCUT2D eigenvalue weighted by molar-refractivity contribution is 5.46. The van der Waals surface area contributed by atoms with Crippen molar-refractivity contribution in [3.8, 4) is 5.88 Å². The molecule has 17 heavy (non-hydrogen) atoms. The van der Waals surface area contributed by atoms with E-state index in [9.17, 15) is 0 Å². The van der Waals surface area contributed by atoms with Crippen molar-refractivity contribution in [1.29, 1.82) is 0 Å². The zero-order valence-electron chi connectivity index (χ0n) is 10.1. The van der Waals surface area contributed by atoms with Crippen molar-refractivity contribution in [3.63, 3.8) is 0 Å². The van der Waals surface area contributed by atoms with E-state index >= 15 is 0 Å². The molecule has 2 rings (SSSR count). The summed E-state index contributed by atoms with van der Waals surface area (Å²) in [6, 6.07) is 0. The Balaban J connectivity index is 1.85. The molecule has 94 valence electrons. The van der Waals surface area contributed by atoms with Crippen LogP contribution in [0.5, 0.6) is 5.88 Å². The summed E-state index contributed by atoms with van der Waals surface area (Å²) in [6.07, 6.45) is 4.05. The summed E-state index contributed by atoms with van der Waals surface area (Å²) >= 11 is 0. The first-order valence-electron chi connectivity index (χ1n) is 5.94. The van der Waals surface area contributed by atoms with Gasteiger partial charge in [-0.2, -0.15) is 0 Å². The maximum Gasteiger partial charge on any atom is 0.221 e. The molecule has 1 saturated heterocycles. The number of likely N-dealkylation sites (tertiary alicyclic amines) is 1. The number of hydrogen-bond donors (Lipinski definition) is 2. The Kier molecular flexibility index (Phi) is 4.11. The van der Waals surface area contributed by atoms with E-state index in [-0.39, 0.29) is 0 Å². The highest BCUT2D eigenvalue weighted by Crippen LogP contribution is 2.19. The molecule has 0 aromatic carbocycles. The van der Waals surface area contributed by atoms with Crippen molar-refractivity contribution in [1.82, 2.24) is 14.9 Å². The molecule has 3 N–H and O–H groups in total. The average molecular weight is 237 g/mol. The quantitative estimate of drug-likeness (QED) is 0.575. The first-order valence-corrected chi connectivity index (χ1v) is 5.94. The van der Waals surface area contributed by atoms with Gasteiger partial charge >= 0.3 is 0 Å². The van der Waals surface area contributed by atoms with Gasteiger partial charge in [-0.25, -0.2) is 15.8 Å². The van der Waals surface area contributed by atoms with Gasteiger partial charge in [-0.3, -0.25) is 4.90 Å². The van der Waals surface area contributed by atoms with Gasteiger partial charge in [-0.15, -0.1) is 0 Å². The van der Waals surface area contributed by atoms with Gasteiger partial charge in [-0.05, 0) is 32.9 Å². The molecule has 0 amide bonds. The van der Waals surface area contributed by atoms with E-state index in [1.807, 2.05) is 6.92 Å². The Morgan fingerprint density at radius 1 is 1.41 bits per heavy atom. The number of anilines is 1. The molecule has 1 aliphatic rings. The van der Waals surface area contributed by atoms with E-state index in [2.05, 4.69) is 20.3 Å². The largest absolute Gasteiger partial charge is 0.476 e. The van der Waals surface area contributed by atoms with Gasteiger partial charge in [-0.1, -0.05) is 0 Å². The predicted molar refractivity (Wildman–Crippen MR) is 65.7 cm³/mol. The summed E-state index contributed by atoms with van der Waals surface area (Å²) in [7, 11) is 0. The van der Waals surface area contributed by atoms with Crippen molar-refractivity contribution in [2.45, 2.75) is 19.8 Å². The zero-order chi connectivity index (χ0) is 12.1. The summed E-state index contributed by atoms with van der Waals surface area (Å²) in [6.45, 7) is 5.86. The number of hydrazine groups is 1. The average Bonchev–Trinajstić information content (AvgIpc) is 2.84. The second-order valence-corrected chi connectivity index (χ2v) is 4.19. The number of ether oxygens (including phenoxy) is 1. The lowest BCUT2D eigenvalue weighted by atomic mass is 10.3. The number of hydrogen-bond acceptors (Lipinski definition) is 6. The molecule has 1 aromatic heterocycles. The Hall–Kier alpha value is -1.40. The van der Waals surface area contributed by atoms with Gasteiger partial charge in [0.25, 0.3) is 0 Å². The fourth-order valence-electron chi connectivity index (χ4n) is 2.00. The predicted octanol–water partition coefficient (Wildman–Crippen LogP) is 0.545. The molecule has 0 bridgehead atoms. The molecule has 1 fully saturated rings. The fourth-order valence-corrected chi connectivity index (χ4v) is 2.00. The minimum atomic E-state index is 0.604. The van der Waals surface area contributed by atoms with E-state index in [0.29, 0.717) is 18.3 Å². The molecule has 0 saturated carbocycles. The SMILES string of the molecule is Cc1c(NN)ncnc1OCCN1CCCC1. The van der Waals surface area contributed by atoms with Gasteiger partial charge < -0.3 is 10.2 Å². The third-order valence-corrected chi connectivity index (χ3v) is 3.02. The maximum atomic E-state index is 5.65. The van der Waals surface area contributed by atoms with Crippen molar-refractivity contribution < 1.29 is 4.74 Å². The van der Waals surface area contributed by atoms with Crippen LogP contribution >= 0.6 is 0 Å². The lowest BCUT2D eigenvalue weighted by Gasteiger charge is -2.15.